The maximum absolute atomic E-state index is 5.96. The fraction of sp³-hybridized carbons (Fsp3) is 0.333. The van der Waals surface area contributed by atoms with Crippen molar-refractivity contribution in [1.82, 2.24) is 0 Å². The molecule has 27 heavy (non-hydrogen) atoms. The molecule has 0 saturated carbocycles. The second-order valence-corrected chi connectivity index (χ2v) is 17.4. The Hall–Kier alpha value is 0.517. The first kappa shape index (κ1) is 32.2. The van der Waals surface area contributed by atoms with Crippen molar-refractivity contribution < 1.29 is 51.0 Å². The van der Waals surface area contributed by atoms with E-state index >= 15 is 0 Å². The zero-order valence-corrected chi connectivity index (χ0v) is 24.0. The summed E-state index contributed by atoms with van der Waals surface area (Å²) in [6.45, 7) is 13.1. The Bertz CT molecular complexity index is 605. The van der Waals surface area contributed by atoms with Gasteiger partial charge in [-0.3, -0.25) is 0 Å². The molecule has 0 radical (unpaired) electrons. The first-order valence-electron chi connectivity index (χ1n) is 7.93. The van der Waals surface area contributed by atoms with Gasteiger partial charge in [0.2, 0.25) is 0 Å². The molecule has 2 aromatic carbocycles. The van der Waals surface area contributed by atoms with Gasteiger partial charge in [-0.05, 0) is 28.6 Å². The molecular weight excluding hydrogens is 533 g/mol. The molecular formula is C18H26Cl4N2Si2Zr. The van der Waals surface area contributed by atoms with Crippen LogP contribution < -0.4 is 24.8 Å². The number of hydrogen-bond acceptors (Lipinski definition) is 0. The quantitative estimate of drug-likeness (QED) is 0.515. The molecule has 0 aliphatic rings. The van der Waals surface area contributed by atoms with E-state index in [0.29, 0.717) is 0 Å². The maximum atomic E-state index is 5.96. The summed E-state index contributed by atoms with van der Waals surface area (Å²) in [7, 11) is -2.78. The van der Waals surface area contributed by atoms with E-state index in [2.05, 4.69) is 49.2 Å². The summed E-state index contributed by atoms with van der Waals surface area (Å²) in [6, 6.07) is 15.4. The Labute approximate surface area is 208 Å². The van der Waals surface area contributed by atoms with Crippen LogP contribution in [0.25, 0.3) is 9.96 Å². The van der Waals surface area contributed by atoms with Gasteiger partial charge in [0.15, 0.2) is 0 Å². The molecule has 2 nitrogen and oxygen atoms in total. The van der Waals surface area contributed by atoms with Crippen LogP contribution in [0.15, 0.2) is 48.5 Å². The van der Waals surface area contributed by atoms with Gasteiger partial charge in [-0.2, -0.15) is 0 Å². The molecule has 0 bridgehead atoms. The van der Waals surface area contributed by atoms with Crippen molar-refractivity contribution in [3.8, 4) is 0 Å². The first-order chi connectivity index (χ1) is 11.0. The van der Waals surface area contributed by atoms with Crippen molar-refractivity contribution in [2.75, 3.05) is 0 Å². The molecule has 0 saturated heterocycles. The van der Waals surface area contributed by atoms with E-state index in [1.165, 1.54) is 0 Å². The first-order valence-corrected chi connectivity index (χ1v) is 15.6. The number of nitrogens with zero attached hydrogens (tertiary/aromatic N) is 2. The minimum absolute atomic E-state index is 0. The summed E-state index contributed by atoms with van der Waals surface area (Å²) in [4.78, 5) is 9.20. The predicted molar refractivity (Wildman–Crippen MR) is 116 cm³/mol. The third kappa shape index (κ3) is 15.1. The molecule has 0 aliphatic heterocycles. The van der Waals surface area contributed by atoms with Gasteiger partial charge < -0.3 is 34.8 Å². The molecule has 0 unspecified atom stereocenters. The number of halogens is 4. The average Bonchev–Trinajstić information content (AvgIpc) is 2.42. The molecule has 0 amide bonds. The molecule has 0 atom stereocenters. The van der Waals surface area contributed by atoms with Crippen LogP contribution in [0.5, 0.6) is 0 Å². The van der Waals surface area contributed by atoms with Crippen LogP contribution in [0.1, 0.15) is 0 Å². The van der Waals surface area contributed by atoms with Gasteiger partial charge in [0.1, 0.15) is 0 Å². The molecule has 0 aliphatic carbocycles. The Morgan fingerprint density at radius 2 is 0.852 bits per heavy atom. The molecule has 2 aromatic rings. The molecule has 0 fully saturated rings. The molecule has 0 aromatic heterocycles. The second-order valence-electron chi connectivity index (χ2n) is 7.47. The monoisotopic (exact) mass is 556 g/mol. The maximum Gasteiger partial charge on any atom is 4.00 e. The minimum Gasteiger partial charge on any atom is -1.00 e. The van der Waals surface area contributed by atoms with Gasteiger partial charge in [0, 0.05) is 10.0 Å². The molecule has 9 heteroatoms. The van der Waals surface area contributed by atoms with Gasteiger partial charge >= 0.3 is 26.2 Å². The Kier molecular flexibility index (Phi) is 17.3. The third-order valence-electron chi connectivity index (χ3n) is 2.62. The van der Waals surface area contributed by atoms with Crippen LogP contribution in [-0.4, -0.2) is 16.5 Å². The van der Waals surface area contributed by atoms with Crippen molar-refractivity contribution in [2.45, 2.75) is 39.3 Å². The van der Waals surface area contributed by atoms with Crippen molar-refractivity contribution in [3.05, 3.63) is 68.5 Å². The topological polar surface area (TPSA) is 28.2 Å². The zero-order valence-electron chi connectivity index (χ0n) is 16.5. The van der Waals surface area contributed by atoms with E-state index < -0.39 is 16.5 Å². The van der Waals surface area contributed by atoms with Gasteiger partial charge in [0.05, 0.1) is 0 Å². The van der Waals surface area contributed by atoms with Crippen LogP contribution in [-0.2, 0) is 26.2 Å². The van der Waals surface area contributed by atoms with E-state index in [-0.39, 0.29) is 51.0 Å². The van der Waals surface area contributed by atoms with Crippen LogP contribution in [0.4, 0.5) is 11.4 Å². The van der Waals surface area contributed by atoms with E-state index in [4.69, 9.17) is 23.2 Å². The van der Waals surface area contributed by atoms with E-state index in [1.807, 2.05) is 48.5 Å². The Morgan fingerprint density at radius 3 is 1.07 bits per heavy atom. The summed E-state index contributed by atoms with van der Waals surface area (Å²) >= 11 is 11.9. The molecule has 2 rings (SSSR count). The van der Waals surface area contributed by atoms with Gasteiger partial charge in [-0.15, -0.1) is 11.4 Å². The standard InChI is InChI=1S/2C9H13ClNSi.2ClH.Zr/c2*1-12(2,3)11-9-7-5-4-6-8(9)10;;;/h2*4-7H,1-3H3;2*1H;/q2*-1;;;+4/p-2. The van der Waals surface area contributed by atoms with Gasteiger partial charge in [-0.1, -0.05) is 98.9 Å². The molecule has 0 N–H and O–H groups in total. The Morgan fingerprint density at radius 1 is 0.593 bits per heavy atom. The second kappa shape index (κ2) is 14.5. The van der Waals surface area contributed by atoms with E-state index in [0.717, 1.165) is 21.4 Å². The van der Waals surface area contributed by atoms with Gasteiger partial charge in [-0.25, -0.2) is 0 Å². The molecule has 0 heterocycles. The number of hydrogen-bond donors (Lipinski definition) is 0. The van der Waals surface area contributed by atoms with Crippen molar-refractivity contribution in [2.24, 2.45) is 0 Å². The van der Waals surface area contributed by atoms with E-state index in [9.17, 15) is 0 Å². The average molecular weight is 560 g/mol. The van der Waals surface area contributed by atoms with Crippen LogP contribution in [0.2, 0.25) is 49.3 Å². The van der Waals surface area contributed by atoms with E-state index in [1.54, 1.807) is 0 Å². The fourth-order valence-corrected chi connectivity index (χ4v) is 4.14. The smallest absolute Gasteiger partial charge is 1.00 e. The molecule has 0 spiro atoms. The summed E-state index contributed by atoms with van der Waals surface area (Å²) in [5, 5.41) is 1.50. The molecule has 148 valence electrons. The normalized spacial score (nSPS) is 10.1. The van der Waals surface area contributed by atoms with Crippen molar-refractivity contribution in [1.29, 1.82) is 0 Å². The fourth-order valence-electron chi connectivity index (χ4n) is 1.81. The SMILES string of the molecule is C[Si](C)(C)[N-]c1ccccc1Cl.C[Si](C)(C)[N-]c1ccccc1Cl.[Cl-].[Cl-].[Zr+4]. The summed E-state index contributed by atoms with van der Waals surface area (Å²) < 4.78 is 0. The predicted octanol–water partition coefficient (Wildman–Crippen LogP) is 2.37. The summed E-state index contributed by atoms with van der Waals surface area (Å²) in [6.07, 6.45) is 0. The number of rotatable bonds is 4. The van der Waals surface area contributed by atoms with Crippen molar-refractivity contribution >= 4 is 51.0 Å². The largest absolute Gasteiger partial charge is 4.00 e. The van der Waals surface area contributed by atoms with Crippen molar-refractivity contribution in [3.63, 3.8) is 0 Å². The van der Waals surface area contributed by atoms with Gasteiger partial charge in [0.25, 0.3) is 0 Å². The summed E-state index contributed by atoms with van der Waals surface area (Å²) in [5.41, 5.74) is 1.86. The third-order valence-corrected chi connectivity index (χ3v) is 5.08. The van der Waals surface area contributed by atoms with Crippen LogP contribution in [0, 0.1) is 0 Å². The summed E-state index contributed by atoms with van der Waals surface area (Å²) in [5.74, 6) is 0. The number of benzene rings is 2. The Balaban J connectivity index is -0.000000384. The minimum atomic E-state index is -1.39. The zero-order chi connectivity index (χ0) is 18.4. The van der Waals surface area contributed by atoms with Crippen LogP contribution in [0.3, 0.4) is 0 Å². The van der Waals surface area contributed by atoms with Crippen LogP contribution >= 0.6 is 23.2 Å².